The number of aryl methyl sites for hydroxylation is 1. The molecule has 2 aliphatic heterocycles. The van der Waals surface area contributed by atoms with E-state index in [0.29, 0.717) is 43.2 Å². The Kier molecular flexibility index (Phi) is 5.67. The van der Waals surface area contributed by atoms with Crippen LogP contribution < -0.4 is 0 Å². The summed E-state index contributed by atoms with van der Waals surface area (Å²) in [5, 5.41) is 0. The van der Waals surface area contributed by atoms with Crippen LogP contribution in [0.4, 0.5) is 0 Å². The summed E-state index contributed by atoms with van der Waals surface area (Å²) in [6.07, 6.45) is 0.752. The van der Waals surface area contributed by atoms with Crippen LogP contribution in [0.1, 0.15) is 24.5 Å². The average Bonchev–Trinajstić information content (AvgIpc) is 2.79. The Morgan fingerprint density at radius 3 is 2.48 bits per heavy atom. The molecule has 2 heterocycles. The van der Waals surface area contributed by atoms with Crippen LogP contribution in [0.2, 0.25) is 0 Å². The van der Waals surface area contributed by atoms with Gasteiger partial charge in [-0.05, 0) is 25.8 Å². The van der Waals surface area contributed by atoms with Crippen LogP contribution in [0.3, 0.4) is 0 Å². The molecule has 1 saturated heterocycles. The van der Waals surface area contributed by atoms with Crippen LogP contribution in [0.25, 0.3) is 4.91 Å². The second kappa shape index (κ2) is 7.82. The zero-order valence-electron chi connectivity index (χ0n) is 15.9. The van der Waals surface area contributed by atoms with Gasteiger partial charge in [0.2, 0.25) is 5.91 Å². The molecule has 8 heteroatoms. The van der Waals surface area contributed by atoms with Gasteiger partial charge in [-0.25, -0.2) is 0 Å². The summed E-state index contributed by atoms with van der Waals surface area (Å²) in [7, 11) is -2.22. The molecule has 0 aliphatic carbocycles. The van der Waals surface area contributed by atoms with Gasteiger partial charge in [0.25, 0.3) is 10.0 Å². The average molecular weight is 391 g/mol. The second-order valence-electron chi connectivity index (χ2n) is 6.86. The molecule has 0 radical (unpaired) electrons. The Morgan fingerprint density at radius 1 is 1.11 bits per heavy atom. The maximum atomic E-state index is 12.7. The highest BCUT2D eigenvalue weighted by Gasteiger charge is 2.34. The van der Waals surface area contributed by atoms with Crippen LogP contribution in [0.15, 0.2) is 34.2 Å². The van der Waals surface area contributed by atoms with Gasteiger partial charge in [-0.15, -0.1) is 4.40 Å². The third-order valence-corrected chi connectivity index (χ3v) is 6.34. The van der Waals surface area contributed by atoms with Crippen molar-refractivity contribution in [1.29, 1.82) is 0 Å². The minimum Gasteiger partial charge on any atom is -0.375 e. The first kappa shape index (κ1) is 19.6. The van der Waals surface area contributed by atoms with Crippen molar-refractivity contribution in [2.24, 2.45) is 4.40 Å². The maximum absolute atomic E-state index is 12.7. The fourth-order valence-electron chi connectivity index (χ4n) is 3.48. The van der Waals surface area contributed by atoms with Gasteiger partial charge in [-0.2, -0.15) is 8.42 Å². The Balaban J connectivity index is 1.84. The number of carbonyl (C=O) groups excluding carboxylic acids is 1. The summed E-state index contributed by atoms with van der Waals surface area (Å²) in [6.45, 7) is 6.18. The number of methoxy groups -OCH3 is 1. The largest absolute Gasteiger partial charge is 0.375 e. The van der Waals surface area contributed by atoms with Crippen LogP contribution in [-0.4, -0.2) is 69.9 Å². The molecule has 1 aromatic carbocycles. The van der Waals surface area contributed by atoms with Crippen molar-refractivity contribution in [3.63, 3.8) is 0 Å². The number of hydrogen-bond donors (Lipinski definition) is 0. The van der Waals surface area contributed by atoms with Crippen molar-refractivity contribution in [2.45, 2.75) is 20.3 Å². The molecular weight excluding hydrogens is 366 g/mol. The predicted octanol–water partition coefficient (Wildman–Crippen LogP) is 1.65. The lowest BCUT2D eigenvalue weighted by atomic mass is 10.1. The summed E-state index contributed by atoms with van der Waals surface area (Å²) >= 11 is 0. The van der Waals surface area contributed by atoms with E-state index in [1.54, 1.807) is 11.8 Å². The van der Waals surface area contributed by atoms with E-state index in [9.17, 15) is 13.2 Å². The summed E-state index contributed by atoms with van der Waals surface area (Å²) in [4.78, 5) is 16.1. The quantitative estimate of drug-likeness (QED) is 0.783. The molecule has 0 N–H and O–H groups in total. The van der Waals surface area contributed by atoms with Crippen molar-refractivity contribution in [1.82, 2.24) is 9.80 Å². The molecule has 1 aromatic rings. The van der Waals surface area contributed by atoms with Crippen LogP contribution in [0.5, 0.6) is 0 Å². The zero-order valence-corrected chi connectivity index (χ0v) is 16.8. The number of nitrogens with zero attached hydrogens (tertiary/aromatic N) is 3. The highest BCUT2D eigenvalue weighted by Crippen LogP contribution is 2.33. The molecule has 7 nitrogen and oxygen atoms in total. The molecule has 3 rings (SSSR count). The van der Waals surface area contributed by atoms with Crippen molar-refractivity contribution >= 4 is 26.7 Å². The van der Waals surface area contributed by atoms with E-state index in [-0.39, 0.29) is 17.4 Å². The number of amides is 1. The Hall–Kier alpha value is -2.19. The molecule has 146 valence electrons. The van der Waals surface area contributed by atoms with Gasteiger partial charge in [-0.3, -0.25) is 4.79 Å². The molecular formula is C19H25N3O4S. The molecule has 2 aliphatic rings. The van der Waals surface area contributed by atoms with Crippen molar-refractivity contribution < 1.29 is 17.9 Å². The van der Waals surface area contributed by atoms with Crippen molar-refractivity contribution in [2.75, 3.05) is 39.9 Å². The van der Waals surface area contributed by atoms with E-state index in [1.165, 1.54) is 7.11 Å². The molecule has 0 bridgehead atoms. The van der Waals surface area contributed by atoms with Gasteiger partial charge in [0, 0.05) is 38.9 Å². The lowest BCUT2D eigenvalue weighted by Crippen LogP contribution is -2.38. The number of sulfonamides is 1. The molecule has 1 fully saturated rings. The molecule has 1 amide bonds. The fourth-order valence-corrected chi connectivity index (χ4v) is 4.97. The first-order valence-corrected chi connectivity index (χ1v) is 10.4. The number of amidine groups is 1. The van der Waals surface area contributed by atoms with Gasteiger partial charge >= 0.3 is 0 Å². The summed E-state index contributed by atoms with van der Waals surface area (Å²) in [5.41, 5.74) is 2.39. The van der Waals surface area contributed by atoms with E-state index in [4.69, 9.17) is 4.74 Å². The Morgan fingerprint density at radius 2 is 1.81 bits per heavy atom. The monoisotopic (exact) mass is 391 g/mol. The smallest absolute Gasteiger partial charge is 0.285 e. The van der Waals surface area contributed by atoms with Crippen LogP contribution in [0, 0.1) is 6.92 Å². The van der Waals surface area contributed by atoms with Gasteiger partial charge in [0.15, 0.2) is 0 Å². The maximum Gasteiger partial charge on any atom is 0.285 e. The highest BCUT2D eigenvalue weighted by atomic mass is 32.2. The molecule has 0 saturated carbocycles. The van der Waals surface area contributed by atoms with Crippen molar-refractivity contribution in [3.05, 3.63) is 41.0 Å². The fraction of sp³-hybridized carbons (Fsp3) is 0.474. The highest BCUT2D eigenvalue weighted by molar-refractivity contribution is 8.00. The molecule has 0 spiro atoms. The lowest BCUT2D eigenvalue weighted by Gasteiger charge is -2.23. The number of benzene rings is 1. The zero-order chi connectivity index (χ0) is 19.6. The van der Waals surface area contributed by atoms with E-state index < -0.39 is 10.0 Å². The van der Waals surface area contributed by atoms with Gasteiger partial charge in [0.1, 0.15) is 17.3 Å². The predicted molar refractivity (Wildman–Crippen MR) is 105 cm³/mol. The van der Waals surface area contributed by atoms with E-state index in [1.807, 2.05) is 36.1 Å². The van der Waals surface area contributed by atoms with Crippen molar-refractivity contribution in [3.8, 4) is 0 Å². The van der Waals surface area contributed by atoms with Gasteiger partial charge in [0.05, 0.1) is 0 Å². The first-order chi connectivity index (χ1) is 12.8. The molecule has 27 heavy (non-hydrogen) atoms. The summed E-state index contributed by atoms with van der Waals surface area (Å²) in [6, 6.07) is 7.43. The standard InChI is InChI=1S/C19H25N3O4S/c1-14-5-7-16(8-6-14)18-15(2)19(20-27(18,24)25)22-10-4-9-21(11-12-22)17(23)13-26-3/h5-8H,4,9-13H2,1-3H3. The third kappa shape index (κ3) is 4.06. The third-order valence-electron chi connectivity index (χ3n) is 4.87. The Bertz CT molecular complexity index is 888. The molecule has 0 unspecified atom stereocenters. The topological polar surface area (TPSA) is 79.3 Å². The number of hydrogen-bond acceptors (Lipinski definition) is 5. The van der Waals surface area contributed by atoms with E-state index >= 15 is 0 Å². The second-order valence-corrected chi connectivity index (χ2v) is 8.41. The van der Waals surface area contributed by atoms with E-state index in [2.05, 4.69) is 4.40 Å². The molecule has 0 aromatic heterocycles. The Labute approximate surface area is 160 Å². The minimum atomic E-state index is -3.73. The number of ether oxygens (including phenoxy) is 1. The normalized spacial score (nSPS) is 19.9. The number of carbonyl (C=O) groups is 1. The van der Waals surface area contributed by atoms with Gasteiger partial charge < -0.3 is 14.5 Å². The lowest BCUT2D eigenvalue weighted by molar-refractivity contribution is -0.134. The first-order valence-electron chi connectivity index (χ1n) is 8.98. The van der Waals surface area contributed by atoms with Crippen LogP contribution >= 0.6 is 0 Å². The molecule has 0 atom stereocenters. The SMILES string of the molecule is COCC(=O)N1CCCN(C2=NS(=O)(=O)C(c3ccc(C)cc3)=C2C)CC1. The van der Waals surface area contributed by atoms with Crippen LogP contribution in [-0.2, 0) is 19.6 Å². The summed E-state index contributed by atoms with van der Waals surface area (Å²) < 4.78 is 34.4. The van der Waals surface area contributed by atoms with Gasteiger partial charge in [-0.1, -0.05) is 29.8 Å². The van der Waals surface area contributed by atoms with E-state index in [0.717, 1.165) is 12.0 Å². The summed E-state index contributed by atoms with van der Waals surface area (Å²) in [5.74, 6) is 0.444. The minimum absolute atomic E-state index is 0.0482. The number of rotatable bonds is 3.